The molecule has 0 radical (unpaired) electrons. The molecule has 6 nitrogen and oxygen atoms in total. The number of hydrogen-bond donors (Lipinski definition) is 2. The van der Waals surface area contributed by atoms with Crippen molar-refractivity contribution < 1.29 is 14.4 Å². The largest absolute Gasteiger partial charge is 0.348 e. The van der Waals surface area contributed by atoms with Crippen LogP contribution in [0.4, 0.5) is 0 Å². The number of halogens is 1. The van der Waals surface area contributed by atoms with Gasteiger partial charge < -0.3 is 10.6 Å². The number of nitrogens with zero attached hydrogens (tertiary/aromatic N) is 1. The third-order valence-corrected chi connectivity index (χ3v) is 4.36. The van der Waals surface area contributed by atoms with Gasteiger partial charge in [-0.3, -0.25) is 19.3 Å². The molecule has 1 fully saturated rings. The molecule has 7 heteroatoms. The average Bonchev–Trinajstić information content (AvgIpc) is 3.14. The topological polar surface area (TPSA) is 78.5 Å². The van der Waals surface area contributed by atoms with Crippen molar-refractivity contribution >= 4 is 30.1 Å². The lowest BCUT2D eigenvalue weighted by Gasteiger charge is -2.12. The molecule has 1 aromatic rings. The summed E-state index contributed by atoms with van der Waals surface area (Å²) in [5.41, 5.74) is 1.16. The van der Waals surface area contributed by atoms with E-state index < -0.39 is 0 Å². The third kappa shape index (κ3) is 3.44. The van der Waals surface area contributed by atoms with Crippen molar-refractivity contribution in [3.8, 4) is 0 Å². The van der Waals surface area contributed by atoms with E-state index in [9.17, 15) is 14.4 Å². The second-order valence-electron chi connectivity index (χ2n) is 6.04. The minimum atomic E-state index is -0.296. The van der Waals surface area contributed by atoms with Crippen molar-refractivity contribution in [3.05, 3.63) is 34.9 Å². The van der Waals surface area contributed by atoms with Crippen LogP contribution in [0.3, 0.4) is 0 Å². The number of rotatable bonds is 5. The summed E-state index contributed by atoms with van der Waals surface area (Å²) >= 11 is 0. The van der Waals surface area contributed by atoms with Gasteiger partial charge in [-0.25, -0.2) is 0 Å². The van der Waals surface area contributed by atoms with Gasteiger partial charge in [0.2, 0.25) is 0 Å². The summed E-state index contributed by atoms with van der Waals surface area (Å²) in [4.78, 5) is 38.2. The summed E-state index contributed by atoms with van der Waals surface area (Å²) in [6.45, 7) is 4.10. The van der Waals surface area contributed by atoms with Crippen LogP contribution in [0.2, 0.25) is 0 Å². The molecular weight excluding hydrogens is 330 g/mol. The minimum absolute atomic E-state index is 0. The zero-order valence-corrected chi connectivity index (χ0v) is 14.4. The first-order valence-corrected chi connectivity index (χ1v) is 8.13. The molecule has 1 aromatic carbocycles. The minimum Gasteiger partial charge on any atom is -0.348 e. The number of imide groups is 1. The molecule has 0 bridgehead atoms. The number of hydrogen-bond acceptors (Lipinski definition) is 4. The molecular formula is C17H22ClN3O3. The highest BCUT2D eigenvalue weighted by Crippen LogP contribution is 2.24. The van der Waals surface area contributed by atoms with E-state index in [4.69, 9.17) is 0 Å². The monoisotopic (exact) mass is 351 g/mol. The average molecular weight is 352 g/mol. The van der Waals surface area contributed by atoms with Gasteiger partial charge in [0.15, 0.2) is 0 Å². The van der Waals surface area contributed by atoms with Crippen LogP contribution in [0.25, 0.3) is 0 Å². The van der Waals surface area contributed by atoms with Crippen LogP contribution in [0, 0.1) is 0 Å². The normalized spacial score (nSPS) is 19.2. The summed E-state index contributed by atoms with van der Waals surface area (Å²) in [5, 5.41) is 6.14. The van der Waals surface area contributed by atoms with E-state index in [0.29, 0.717) is 23.2 Å². The molecule has 0 aromatic heterocycles. The molecule has 24 heavy (non-hydrogen) atoms. The zero-order valence-electron chi connectivity index (χ0n) is 13.6. The van der Waals surface area contributed by atoms with Crippen molar-refractivity contribution in [2.45, 2.75) is 32.2 Å². The highest BCUT2D eigenvalue weighted by atomic mass is 35.5. The van der Waals surface area contributed by atoms with Crippen molar-refractivity contribution in [2.24, 2.45) is 0 Å². The van der Waals surface area contributed by atoms with Crippen LogP contribution < -0.4 is 10.6 Å². The number of amides is 3. The second kappa shape index (κ2) is 7.77. The summed E-state index contributed by atoms with van der Waals surface area (Å²) in [7, 11) is 0. The number of nitrogens with one attached hydrogen (secondary N) is 2. The SMILES string of the molecule is CCCCN1C(=O)c2ccc(C(=O)NC3CCNC3)cc2C1=O.Cl. The van der Waals surface area contributed by atoms with E-state index >= 15 is 0 Å². The van der Waals surface area contributed by atoms with Gasteiger partial charge in [0, 0.05) is 24.7 Å². The summed E-state index contributed by atoms with van der Waals surface area (Å²) in [6, 6.07) is 4.86. The molecule has 2 N–H and O–H groups in total. The van der Waals surface area contributed by atoms with Gasteiger partial charge in [-0.2, -0.15) is 0 Å². The van der Waals surface area contributed by atoms with Crippen molar-refractivity contribution in [2.75, 3.05) is 19.6 Å². The molecule has 0 saturated carbocycles. The molecule has 1 saturated heterocycles. The Morgan fingerprint density at radius 2 is 2.04 bits per heavy atom. The van der Waals surface area contributed by atoms with Crippen LogP contribution in [-0.2, 0) is 0 Å². The Kier molecular flexibility index (Phi) is 5.96. The van der Waals surface area contributed by atoms with Gasteiger partial charge in [0.1, 0.15) is 0 Å². The highest BCUT2D eigenvalue weighted by molar-refractivity contribution is 6.22. The fraction of sp³-hybridized carbons (Fsp3) is 0.471. The van der Waals surface area contributed by atoms with Gasteiger partial charge in [0.25, 0.3) is 17.7 Å². The maximum absolute atomic E-state index is 12.4. The zero-order chi connectivity index (χ0) is 16.4. The molecule has 3 amide bonds. The summed E-state index contributed by atoms with van der Waals surface area (Å²) in [6.07, 6.45) is 2.60. The lowest BCUT2D eigenvalue weighted by molar-refractivity contribution is 0.0652. The first-order chi connectivity index (χ1) is 11.1. The Balaban J connectivity index is 0.00000208. The van der Waals surface area contributed by atoms with Gasteiger partial charge in [-0.15, -0.1) is 12.4 Å². The van der Waals surface area contributed by atoms with Crippen LogP contribution in [0.1, 0.15) is 57.3 Å². The van der Waals surface area contributed by atoms with Gasteiger partial charge in [0.05, 0.1) is 11.1 Å². The highest BCUT2D eigenvalue weighted by Gasteiger charge is 2.35. The number of carbonyl (C=O) groups excluding carboxylic acids is 3. The summed E-state index contributed by atoms with van der Waals surface area (Å²) < 4.78 is 0. The van der Waals surface area contributed by atoms with Crippen LogP contribution >= 0.6 is 12.4 Å². The predicted molar refractivity (Wildman–Crippen MR) is 92.7 cm³/mol. The lowest BCUT2D eigenvalue weighted by Crippen LogP contribution is -2.36. The number of benzene rings is 1. The maximum atomic E-state index is 12.4. The predicted octanol–water partition coefficient (Wildman–Crippen LogP) is 1.60. The maximum Gasteiger partial charge on any atom is 0.261 e. The lowest BCUT2D eigenvalue weighted by atomic mass is 10.0. The number of fused-ring (bicyclic) bond motifs is 1. The molecule has 130 valence electrons. The van der Waals surface area contributed by atoms with Gasteiger partial charge in [-0.1, -0.05) is 13.3 Å². The Morgan fingerprint density at radius 3 is 2.71 bits per heavy atom. The van der Waals surface area contributed by atoms with Crippen LogP contribution in [0.15, 0.2) is 18.2 Å². The number of carbonyl (C=O) groups is 3. The van der Waals surface area contributed by atoms with Crippen molar-refractivity contribution in [3.63, 3.8) is 0 Å². The smallest absolute Gasteiger partial charge is 0.261 e. The van der Waals surface area contributed by atoms with Gasteiger partial charge in [-0.05, 0) is 37.6 Å². The molecule has 2 heterocycles. The van der Waals surface area contributed by atoms with E-state index in [0.717, 1.165) is 32.4 Å². The van der Waals surface area contributed by atoms with Crippen LogP contribution in [-0.4, -0.2) is 48.3 Å². The Bertz CT molecular complexity index is 656. The Hall–Kier alpha value is -1.92. The van der Waals surface area contributed by atoms with Gasteiger partial charge >= 0.3 is 0 Å². The van der Waals surface area contributed by atoms with Crippen LogP contribution in [0.5, 0.6) is 0 Å². The molecule has 3 rings (SSSR count). The molecule has 0 spiro atoms. The number of unbranched alkanes of at least 4 members (excludes halogenated alkanes) is 1. The molecule has 2 aliphatic rings. The van der Waals surface area contributed by atoms with E-state index in [1.807, 2.05) is 6.92 Å². The molecule has 1 unspecified atom stereocenters. The Labute approximate surface area is 147 Å². The fourth-order valence-corrected chi connectivity index (χ4v) is 3.00. The second-order valence-corrected chi connectivity index (χ2v) is 6.04. The standard InChI is InChI=1S/C17H21N3O3.ClH/c1-2-3-8-20-16(22)13-5-4-11(9-14(13)17(20)23)15(21)19-12-6-7-18-10-12;/h4-5,9,12,18H,2-3,6-8,10H2,1H3,(H,19,21);1H. The molecule has 2 aliphatic heterocycles. The molecule has 1 atom stereocenters. The van der Waals surface area contributed by atoms with Crippen molar-refractivity contribution in [1.29, 1.82) is 0 Å². The van der Waals surface area contributed by atoms with Crippen molar-refractivity contribution in [1.82, 2.24) is 15.5 Å². The quantitative estimate of drug-likeness (QED) is 0.790. The third-order valence-electron chi connectivity index (χ3n) is 4.36. The molecule has 0 aliphatic carbocycles. The fourth-order valence-electron chi connectivity index (χ4n) is 3.00. The Morgan fingerprint density at radius 1 is 1.29 bits per heavy atom. The first-order valence-electron chi connectivity index (χ1n) is 8.13. The van der Waals surface area contributed by atoms with E-state index in [-0.39, 0.29) is 36.2 Å². The van der Waals surface area contributed by atoms with E-state index in [2.05, 4.69) is 10.6 Å². The first kappa shape index (κ1) is 18.4. The van der Waals surface area contributed by atoms with E-state index in [1.54, 1.807) is 18.2 Å². The van der Waals surface area contributed by atoms with E-state index in [1.165, 1.54) is 4.90 Å². The summed E-state index contributed by atoms with van der Waals surface area (Å²) in [5.74, 6) is -0.755.